The van der Waals surface area contributed by atoms with Crippen LogP contribution in [0.3, 0.4) is 0 Å². The molecular formula is C21H32N4O3S. The lowest BCUT2D eigenvalue weighted by atomic mass is 9.96. The number of hydrogen-bond acceptors (Lipinski definition) is 6. The standard InChI is InChI=1S/C21H32N4O3S/c1-2-22-20(23-7-5-17-3-4-18-19(13-17)28-16-27-18)24-14-21(6-12-29-15-21)25-8-10-26-11-9-25/h3-4,13H,2,5-12,14-16H2,1H3,(H2,22,23,24). The molecule has 1 aromatic carbocycles. The van der Waals surface area contributed by atoms with E-state index in [0.717, 1.165) is 75.6 Å². The molecule has 3 aliphatic rings. The first-order valence-electron chi connectivity index (χ1n) is 10.6. The summed E-state index contributed by atoms with van der Waals surface area (Å²) in [7, 11) is 0. The van der Waals surface area contributed by atoms with E-state index >= 15 is 0 Å². The molecule has 0 aliphatic carbocycles. The van der Waals surface area contributed by atoms with Crippen molar-refractivity contribution in [1.82, 2.24) is 15.5 Å². The number of nitrogens with zero attached hydrogens (tertiary/aromatic N) is 2. The molecule has 160 valence electrons. The molecule has 2 N–H and O–H groups in total. The summed E-state index contributed by atoms with van der Waals surface area (Å²) in [4.78, 5) is 7.59. The molecule has 1 unspecified atom stereocenters. The summed E-state index contributed by atoms with van der Waals surface area (Å²) >= 11 is 2.05. The molecule has 3 aliphatic heterocycles. The Morgan fingerprint density at radius 3 is 2.86 bits per heavy atom. The van der Waals surface area contributed by atoms with E-state index in [0.29, 0.717) is 6.79 Å². The van der Waals surface area contributed by atoms with Gasteiger partial charge in [0, 0.05) is 31.9 Å². The van der Waals surface area contributed by atoms with Gasteiger partial charge in [-0.25, -0.2) is 0 Å². The van der Waals surface area contributed by atoms with Crippen LogP contribution in [0.2, 0.25) is 0 Å². The molecule has 0 radical (unpaired) electrons. The molecule has 2 saturated heterocycles. The number of morpholine rings is 1. The van der Waals surface area contributed by atoms with Crippen molar-refractivity contribution in [3.05, 3.63) is 23.8 Å². The molecule has 7 nitrogen and oxygen atoms in total. The molecule has 3 heterocycles. The van der Waals surface area contributed by atoms with Crippen molar-refractivity contribution in [2.45, 2.75) is 25.3 Å². The Labute approximate surface area is 177 Å². The Kier molecular flexibility index (Phi) is 7.05. The smallest absolute Gasteiger partial charge is 0.231 e. The van der Waals surface area contributed by atoms with Gasteiger partial charge in [0.2, 0.25) is 6.79 Å². The van der Waals surface area contributed by atoms with Gasteiger partial charge in [-0.2, -0.15) is 11.8 Å². The highest BCUT2D eigenvalue weighted by atomic mass is 32.2. The third kappa shape index (κ3) is 5.10. The first kappa shape index (κ1) is 20.6. The van der Waals surface area contributed by atoms with Crippen molar-refractivity contribution in [3.63, 3.8) is 0 Å². The summed E-state index contributed by atoms with van der Waals surface area (Å²) in [5, 5.41) is 6.90. The van der Waals surface area contributed by atoms with Crippen LogP contribution in [0.25, 0.3) is 0 Å². The van der Waals surface area contributed by atoms with Crippen molar-refractivity contribution in [2.75, 3.05) is 64.2 Å². The summed E-state index contributed by atoms with van der Waals surface area (Å²) in [5.41, 5.74) is 1.41. The minimum absolute atomic E-state index is 0.175. The summed E-state index contributed by atoms with van der Waals surface area (Å²) in [6, 6.07) is 6.15. The molecule has 0 spiro atoms. The van der Waals surface area contributed by atoms with E-state index in [2.05, 4.69) is 34.6 Å². The molecule has 0 aromatic heterocycles. The Morgan fingerprint density at radius 1 is 1.21 bits per heavy atom. The van der Waals surface area contributed by atoms with Gasteiger partial charge in [0.05, 0.1) is 25.3 Å². The Hall–Kier alpha value is -1.64. The number of hydrogen-bond donors (Lipinski definition) is 2. The number of fused-ring (bicyclic) bond motifs is 1. The highest BCUT2D eigenvalue weighted by Gasteiger charge is 2.40. The topological polar surface area (TPSA) is 67.4 Å². The van der Waals surface area contributed by atoms with Crippen LogP contribution in [0.1, 0.15) is 18.9 Å². The quantitative estimate of drug-likeness (QED) is 0.514. The lowest BCUT2D eigenvalue weighted by Gasteiger charge is -2.42. The summed E-state index contributed by atoms with van der Waals surface area (Å²) < 4.78 is 16.4. The van der Waals surface area contributed by atoms with E-state index in [1.165, 1.54) is 17.7 Å². The number of ether oxygens (including phenoxy) is 3. The third-order valence-corrected chi connectivity index (χ3v) is 7.02. The first-order valence-corrected chi connectivity index (χ1v) is 11.8. The summed E-state index contributed by atoms with van der Waals surface area (Å²) in [5.74, 6) is 4.96. The molecule has 0 amide bonds. The normalized spacial score (nSPS) is 24.7. The predicted molar refractivity (Wildman–Crippen MR) is 117 cm³/mol. The second kappa shape index (κ2) is 9.91. The summed E-state index contributed by atoms with van der Waals surface area (Å²) in [6.07, 6.45) is 2.11. The van der Waals surface area contributed by atoms with Crippen LogP contribution >= 0.6 is 11.8 Å². The second-order valence-electron chi connectivity index (χ2n) is 7.69. The number of guanidine groups is 1. The van der Waals surface area contributed by atoms with Crippen LogP contribution in [-0.4, -0.2) is 80.6 Å². The molecule has 1 aromatic rings. The second-order valence-corrected chi connectivity index (χ2v) is 8.79. The van der Waals surface area contributed by atoms with Crippen molar-refractivity contribution < 1.29 is 14.2 Å². The first-order chi connectivity index (χ1) is 14.3. The van der Waals surface area contributed by atoms with Crippen molar-refractivity contribution in [3.8, 4) is 11.5 Å². The lowest BCUT2D eigenvalue weighted by molar-refractivity contribution is -0.0104. The maximum atomic E-state index is 5.57. The van der Waals surface area contributed by atoms with Gasteiger partial charge in [-0.05, 0) is 43.2 Å². The molecule has 29 heavy (non-hydrogen) atoms. The van der Waals surface area contributed by atoms with E-state index in [-0.39, 0.29) is 5.54 Å². The van der Waals surface area contributed by atoms with Crippen LogP contribution in [-0.2, 0) is 11.2 Å². The van der Waals surface area contributed by atoms with E-state index in [9.17, 15) is 0 Å². The zero-order chi connectivity index (χ0) is 19.9. The number of aliphatic imine (C=N–C) groups is 1. The van der Waals surface area contributed by atoms with Crippen LogP contribution in [0.15, 0.2) is 23.2 Å². The van der Waals surface area contributed by atoms with E-state index in [1.807, 2.05) is 17.8 Å². The average molecular weight is 421 g/mol. The fraction of sp³-hybridized carbons (Fsp3) is 0.667. The maximum absolute atomic E-state index is 5.57. The van der Waals surface area contributed by atoms with Gasteiger partial charge in [0.25, 0.3) is 0 Å². The van der Waals surface area contributed by atoms with Crippen LogP contribution in [0, 0.1) is 0 Å². The lowest BCUT2D eigenvalue weighted by Crippen LogP contribution is -2.56. The Morgan fingerprint density at radius 2 is 2.07 bits per heavy atom. The minimum atomic E-state index is 0.175. The molecule has 2 fully saturated rings. The fourth-order valence-corrected chi connectivity index (χ4v) is 5.56. The van der Waals surface area contributed by atoms with Gasteiger partial charge < -0.3 is 24.8 Å². The molecule has 8 heteroatoms. The Bertz CT molecular complexity index is 703. The van der Waals surface area contributed by atoms with Gasteiger partial charge in [-0.1, -0.05) is 6.07 Å². The zero-order valence-electron chi connectivity index (χ0n) is 17.2. The highest BCUT2D eigenvalue weighted by molar-refractivity contribution is 7.99. The number of thioether (sulfide) groups is 1. The van der Waals surface area contributed by atoms with Gasteiger partial charge in [-0.3, -0.25) is 9.89 Å². The van der Waals surface area contributed by atoms with Gasteiger partial charge in [0.1, 0.15) is 0 Å². The molecule has 0 saturated carbocycles. The largest absolute Gasteiger partial charge is 0.454 e. The number of benzene rings is 1. The van der Waals surface area contributed by atoms with Crippen molar-refractivity contribution in [2.24, 2.45) is 4.99 Å². The van der Waals surface area contributed by atoms with E-state index in [4.69, 9.17) is 19.2 Å². The average Bonchev–Trinajstić information content (AvgIpc) is 3.42. The molecule has 1 atom stereocenters. The van der Waals surface area contributed by atoms with Gasteiger partial charge in [-0.15, -0.1) is 0 Å². The number of nitrogens with one attached hydrogen (secondary N) is 2. The monoisotopic (exact) mass is 420 g/mol. The van der Waals surface area contributed by atoms with E-state index < -0.39 is 0 Å². The maximum Gasteiger partial charge on any atom is 0.231 e. The molecule has 0 bridgehead atoms. The van der Waals surface area contributed by atoms with Gasteiger partial charge >= 0.3 is 0 Å². The van der Waals surface area contributed by atoms with Crippen molar-refractivity contribution in [1.29, 1.82) is 0 Å². The molecule has 4 rings (SSSR count). The third-order valence-electron chi connectivity index (χ3n) is 5.78. The minimum Gasteiger partial charge on any atom is -0.454 e. The van der Waals surface area contributed by atoms with Gasteiger partial charge in [0.15, 0.2) is 17.5 Å². The number of rotatable bonds is 7. The fourth-order valence-electron chi connectivity index (χ4n) is 4.10. The van der Waals surface area contributed by atoms with E-state index in [1.54, 1.807) is 0 Å². The highest BCUT2D eigenvalue weighted by Crippen LogP contribution is 2.34. The SMILES string of the molecule is CCNC(=NCC1(N2CCOCC2)CCSC1)NCCc1ccc2c(c1)OCO2. The van der Waals surface area contributed by atoms with Crippen LogP contribution in [0.4, 0.5) is 0 Å². The summed E-state index contributed by atoms with van der Waals surface area (Å²) in [6.45, 7) is 8.65. The Balaban J connectivity index is 1.34. The van der Waals surface area contributed by atoms with Crippen LogP contribution < -0.4 is 20.1 Å². The predicted octanol–water partition coefficient (Wildman–Crippen LogP) is 1.72. The van der Waals surface area contributed by atoms with Crippen molar-refractivity contribution >= 4 is 17.7 Å². The molecular weight excluding hydrogens is 388 g/mol. The van der Waals surface area contributed by atoms with Crippen LogP contribution in [0.5, 0.6) is 11.5 Å². The zero-order valence-corrected chi connectivity index (χ0v) is 18.1.